The first kappa shape index (κ1) is 28.6. The number of ether oxygens (including phenoxy) is 2. The van der Waals surface area contributed by atoms with Gasteiger partial charge in [0.05, 0.1) is 18.9 Å². The molecule has 3 heterocycles. The molecule has 210 valence electrons. The molecule has 0 bridgehead atoms. The monoisotopic (exact) mass is 564 g/mol. The quantitative estimate of drug-likeness (QED) is 0.177. The van der Waals surface area contributed by atoms with E-state index in [1.165, 1.54) is 37.1 Å². The summed E-state index contributed by atoms with van der Waals surface area (Å²) >= 11 is 0. The highest BCUT2D eigenvalue weighted by atomic mass is 31.2. The number of anilines is 1. The van der Waals surface area contributed by atoms with Gasteiger partial charge < -0.3 is 24.8 Å². The normalized spacial score (nSPS) is 25.5. The predicted octanol–water partition coefficient (Wildman–Crippen LogP) is 2.05. The van der Waals surface area contributed by atoms with Gasteiger partial charge in [0.15, 0.2) is 17.6 Å². The number of aliphatic hydroxyl groups excluding tert-OH is 1. The van der Waals surface area contributed by atoms with E-state index < -0.39 is 50.3 Å². The van der Waals surface area contributed by atoms with Crippen LogP contribution in [0.2, 0.25) is 0 Å². The van der Waals surface area contributed by atoms with Crippen LogP contribution in [0.3, 0.4) is 0 Å². The Labute approximate surface area is 223 Å². The lowest BCUT2D eigenvalue weighted by Crippen LogP contribution is -2.40. The number of aliphatic imine (C=N–C) groups is 1. The molecule has 1 unspecified atom stereocenters. The third-order valence-corrected chi connectivity index (χ3v) is 7.65. The second-order valence-corrected chi connectivity index (χ2v) is 10.4. The second-order valence-electron chi connectivity index (χ2n) is 8.69. The third-order valence-electron chi connectivity index (χ3n) is 6.01. The van der Waals surface area contributed by atoms with Gasteiger partial charge in [-0.05, 0) is 38.1 Å². The number of alkyl halides is 1. The Bertz CT molecular complexity index is 1380. The zero-order valence-electron chi connectivity index (χ0n) is 21.5. The number of aliphatic hydroxyl groups is 1. The Hall–Kier alpha value is -3.42. The van der Waals surface area contributed by atoms with Crippen molar-refractivity contribution in [1.29, 1.82) is 0 Å². The van der Waals surface area contributed by atoms with E-state index in [1.54, 1.807) is 43.3 Å². The standard InChI is InChI=1S/C24H30FN6O7P/c1-4-35-23(33)15(2)30-39(34,38-16-8-6-5-7-9-16)36-12-18-20(32)21(25)24(37-18,13-27-3)19-11-10-17-22(26)28-14-29-31(17)19/h5-11,13-15,18,20-21,32H,4,12H2,1-3H3,(H,30,34)(H2,26,28,29)/t15-,18+,20+,21+,24-,39?/m0/s1. The van der Waals surface area contributed by atoms with Crippen LogP contribution in [0.25, 0.3) is 5.52 Å². The molecule has 4 N–H and O–H groups in total. The zero-order valence-corrected chi connectivity index (χ0v) is 22.4. The van der Waals surface area contributed by atoms with Gasteiger partial charge in [0, 0.05) is 13.3 Å². The first-order chi connectivity index (χ1) is 18.6. The van der Waals surface area contributed by atoms with E-state index in [1.807, 2.05) is 0 Å². The number of aromatic nitrogens is 3. The van der Waals surface area contributed by atoms with Crippen LogP contribution in [0.4, 0.5) is 10.2 Å². The number of benzene rings is 1. The van der Waals surface area contributed by atoms with E-state index in [0.29, 0.717) is 5.52 Å². The van der Waals surface area contributed by atoms with Crippen molar-refractivity contribution in [1.82, 2.24) is 19.7 Å². The maximum Gasteiger partial charge on any atom is 0.459 e. The lowest BCUT2D eigenvalue weighted by Gasteiger charge is -2.27. The Kier molecular flexibility index (Phi) is 8.62. The highest BCUT2D eigenvalue weighted by molar-refractivity contribution is 7.52. The molecule has 0 amide bonds. The fourth-order valence-electron chi connectivity index (χ4n) is 4.21. The molecule has 0 aliphatic carbocycles. The minimum absolute atomic E-state index is 0.113. The van der Waals surface area contributed by atoms with Crippen LogP contribution in [0, 0.1) is 0 Å². The molecular formula is C24H30FN6O7P. The first-order valence-corrected chi connectivity index (χ1v) is 13.6. The fraction of sp³-hybridized carbons (Fsp3) is 0.417. The van der Waals surface area contributed by atoms with E-state index >= 15 is 4.39 Å². The van der Waals surface area contributed by atoms with Crippen LogP contribution >= 0.6 is 7.75 Å². The number of nitrogens with two attached hydrogens (primary N) is 1. The number of halogens is 1. The first-order valence-electron chi connectivity index (χ1n) is 12.1. The molecule has 1 saturated heterocycles. The van der Waals surface area contributed by atoms with Crippen LogP contribution in [-0.4, -0.2) is 76.6 Å². The molecule has 6 atom stereocenters. The average molecular weight is 565 g/mol. The highest BCUT2D eigenvalue weighted by Crippen LogP contribution is 2.47. The minimum Gasteiger partial charge on any atom is -0.465 e. The number of hydrogen-bond donors (Lipinski definition) is 3. The number of fused-ring (bicyclic) bond motifs is 1. The summed E-state index contributed by atoms with van der Waals surface area (Å²) in [5.74, 6) is -0.335. The molecule has 0 spiro atoms. The van der Waals surface area contributed by atoms with Gasteiger partial charge in [0.25, 0.3) is 0 Å². The zero-order chi connectivity index (χ0) is 28.2. The molecule has 39 heavy (non-hydrogen) atoms. The predicted molar refractivity (Wildman–Crippen MR) is 139 cm³/mol. The van der Waals surface area contributed by atoms with Gasteiger partial charge in [-0.2, -0.15) is 10.2 Å². The third kappa shape index (κ3) is 5.80. The van der Waals surface area contributed by atoms with Crippen LogP contribution < -0.4 is 15.3 Å². The number of esters is 1. The largest absolute Gasteiger partial charge is 0.465 e. The maximum atomic E-state index is 15.8. The van der Waals surface area contributed by atoms with Gasteiger partial charge in [0.2, 0.25) is 0 Å². The summed E-state index contributed by atoms with van der Waals surface area (Å²) in [7, 11) is -2.85. The molecule has 2 aromatic heterocycles. The van der Waals surface area contributed by atoms with Gasteiger partial charge in [-0.15, -0.1) is 0 Å². The molecule has 15 heteroatoms. The van der Waals surface area contributed by atoms with E-state index in [4.69, 9.17) is 24.3 Å². The van der Waals surface area contributed by atoms with Crippen LogP contribution in [0.5, 0.6) is 5.75 Å². The Balaban J connectivity index is 1.60. The number of rotatable bonds is 11. The smallest absolute Gasteiger partial charge is 0.459 e. The lowest BCUT2D eigenvalue weighted by molar-refractivity contribution is -0.144. The van der Waals surface area contributed by atoms with Crippen molar-refractivity contribution >= 4 is 31.3 Å². The molecule has 1 aromatic carbocycles. The van der Waals surface area contributed by atoms with E-state index in [-0.39, 0.29) is 23.9 Å². The minimum atomic E-state index is -4.28. The van der Waals surface area contributed by atoms with Gasteiger partial charge >= 0.3 is 13.7 Å². The number of para-hydroxylation sites is 1. The number of nitrogens with one attached hydrogen (secondary N) is 1. The molecule has 1 aliphatic heterocycles. The molecule has 3 aromatic rings. The van der Waals surface area contributed by atoms with Crippen LogP contribution in [-0.2, 0) is 29.0 Å². The van der Waals surface area contributed by atoms with Crippen molar-refractivity contribution < 1.29 is 37.4 Å². The van der Waals surface area contributed by atoms with Crippen LogP contribution in [0.1, 0.15) is 19.5 Å². The molecule has 4 rings (SSSR count). The summed E-state index contributed by atoms with van der Waals surface area (Å²) in [6.07, 6.45) is -2.65. The van der Waals surface area contributed by atoms with E-state index in [9.17, 15) is 14.5 Å². The van der Waals surface area contributed by atoms with Crippen molar-refractivity contribution in [3.63, 3.8) is 0 Å². The summed E-state index contributed by atoms with van der Waals surface area (Å²) in [6.45, 7) is 2.60. The number of carbonyl (C=O) groups excluding carboxylic acids is 1. The molecule has 1 aliphatic rings. The van der Waals surface area contributed by atoms with Crippen molar-refractivity contribution in [3.8, 4) is 5.75 Å². The summed E-state index contributed by atoms with van der Waals surface area (Å²) in [6, 6.07) is 10.2. The summed E-state index contributed by atoms with van der Waals surface area (Å²) < 4.78 is 53.1. The van der Waals surface area contributed by atoms with Crippen molar-refractivity contribution in [3.05, 3.63) is 54.5 Å². The van der Waals surface area contributed by atoms with Gasteiger partial charge in [-0.25, -0.2) is 18.5 Å². The number of carbonyl (C=O) groups is 1. The molecule has 13 nitrogen and oxygen atoms in total. The molecule has 0 saturated carbocycles. The molecule has 1 fully saturated rings. The van der Waals surface area contributed by atoms with Gasteiger partial charge in [-0.1, -0.05) is 18.2 Å². The SMILES string of the molecule is CCOC(=O)[C@H](C)NP(=O)(OC[C@H]1O[C@@](C=NC)(c2ccc3c(N)ncnn23)[C@H](F)[C@@H]1O)Oc1ccccc1. The lowest BCUT2D eigenvalue weighted by atomic mass is 9.93. The Morgan fingerprint density at radius 3 is 2.82 bits per heavy atom. The van der Waals surface area contributed by atoms with Crippen molar-refractivity contribution in [2.24, 2.45) is 4.99 Å². The highest BCUT2D eigenvalue weighted by Gasteiger charge is 2.57. The van der Waals surface area contributed by atoms with Gasteiger partial charge in [0.1, 0.15) is 35.8 Å². The van der Waals surface area contributed by atoms with E-state index in [2.05, 4.69) is 20.2 Å². The van der Waals surface area contributed by atoms with Crippen LogP contribution in [0.15, 0.2) is 53.8 Å². The number of nitrogen functional groups attached to an aromatic ring is 1. The maximum absolute atomic E-state index is 15.8. The van der Waals surface area contributed by atoms with Crippen molar-refractivity contribution in [2.45, 2.75) is 43.9 Å². The number of nitrogens with zero attached hydrogens (tertiary/aromatic N) is 4. The molecular weight excluding hydrogens is 534 g/mol. The number of hydrogen-bond acceptors (Lipinski definition) is 11. The summed E-state index contributed by atoms with van der Waals surface area (Å²) in [5.41, 5.74) is 4.64. The Morgan fingerprint density at radius 1 is 1.38 bits per heavy atom. The summed E-state index contributed by atoms with van der Waals surface area (Å²) in [4.78, 5) is 20.1. The second kappa shape index (κ2) is 11.8. The van der Waals surface area contributed by atoms with Gasteiger partial charge in [-0.3, -0.25) is 14.3 Å². The Morgan fingerprint density at radius 2 is 2.13 bits per heavy atom. The topological polar surface area (TPSA) is 172 Å². The average Bonchev–Trinajstić information content (AvgIpc) is 3.45. The fourth-order valence-corrected chi connectivity index (χ4v) is 5.71. The molecule has 0 radical (unpaired) electrons. The van der Waals surface area contributed by atoms with E-state index in [0.717, 1.165) is 0 Å². The van der Waals surface area contributed by atoms with Crippen molar-refractivity contribution in [2.75, 3.05) is 26.0 Å². The summed E-state index contributed by atoms with van der Waals surface area (Å²) in [5, 5.41) is 17.5.